The van der Waals surface area contributed by atoms with Crippen LogP contribution >= 0.6 is 0 Å². The Hall–Kier alpha value is -2.31. The van der Waals surface area contributed by atoms with Crippen LogP contribution in [0, 0.1) is 5.92 Å². The van der Waals surface area contributed by atoms with Gasteiger partial charge in [0.05, 0.1) is 12.7 Å². The summed E-state index contributed by atoms with van der Waals surface area (Å²) < 4.78 is 44.9. The zero-order valence-corrected chi connectivity index (χ0v) is 14.7. The molecule has 0 radical (unpaired) electrons. The van der Waals surface area contributed by atoms with Gasteiger partial charge >= 0.3 is 12.1 Å². The summed E-state index contributed by atoms with van der Waals surface area (Å²) in [6.07, 6.45) is -2.13. The Bertz CT molecular complexity index is 675. The van der Waals surface area contributed by atoms with E-state index in [0.717, 1.165) is 0 Å². The van der Waals surface area contributed by atoms with Crippen LogP contribution in [0.1, 0.15) is 38.2 Å². The molecule has 4 nitrogen and oxygen atoms in total. The summed E-state index contributed by atoms with van der Waals surface area (Å²) in [5.41, 5.74) is -2.44. The van der Waals surface area contributed by atoms with E-state index in [1.165, 1.54) is 31.4 Å². The Balaban J connectivity index is 2.30. The van der Waals surface area contributed by atoms with Gasteiger partial charge in [0.2, 0.25) is 5.91 Å². The maximum atomic E-state index is 13.4. The molecular formula is C19H22F3NO3. The lowest BCUT2D eigenvalue weighted by Gasteiger charge is -2.37. The monoisotopic (exact) mass is 369 g/mol. The van der Waals surface area contributed by atoms with Crippen molar-refractivity contribution in [2.45, 2.75) is 44.3 Å². The number of hydrogen-bond donors (Lipinski definition) is 1. The highest BCUT2D eigenvalue weighted by atomic mass is 19.4. The minimum absolute atomic E-state index is 0.112. The van der Waals surface area contributed by atoms with Crippen molar-refractivity contribution in [3.8, 4) is 0 Å². The molecule has 0 aromatic heterocycles. The molecule has 1 aliphatic carbocycles. The molecule has 1 aromatic carbocycles. The Kier molecular flexibility index (Phi) is 6.10. The van der Waals surface area contributed by atoms with E-state index in [0.29, 0.717) is 37.7 Å². The fraction of sp³-hybridized carbons (Fsp3) is 0.474. The van der Waals surface area contributed by atoms with Gasteiger partial charge in [0.25, 0.3) is 0 Å². The number of allylic oxidation sites excluding steroid dienone is 1. The molecule has 2 rings (SSSR count). The standard InChI is InChI=1S/C19H22F3NO3/c1-13-8-10-18(11-9-13,17(25)26-2)23-16(24)12-15(19(20,21)22)14-6-4-3-5-7-14/h3-7,12-13H,8-11H2,1-2H3,(H,23,24)/b15-12-. The number of hydrogen-bond acceptors (Lipinski definition) is 3. The molecule has 0 unspecified atom stereocenters. The highest BCUT2D eigenvalue weighted by molar-refractivity contribution is 5.99. The van der Waals surface area contributed by atoms with Crippen LogP contribution in [-0.4, -0.2) is 30.7 Å². The number of methoxy groups -OCH3 is 1. The first-order valence-corrected chi connectivity index (χ1v) is 8.43. The summed E-state index contributed by atoms with van der Waals surface area (Å²) in [6, 6.07) is 7.08. The third kappa shape index (κ3) is 4.65. The van der Waals surface area contributed by atoms with Gasteiger partial charge in [0, 0.05) is 6.08 Å². The summed E-state index contributed by atoms with van der Waals surface area (Å²) in [4.78, 5) is 24.6. The maximum Gasteiger partial charge on any atom is 0.417 e. The molecule has 26 heavy (non-hydrogen) atoms. The van der Waals surface area contributed by atoms with Crippen LogP contribution in [-0.2, 0) is 14.3 Å². The van der Waals surface area contributed by atoms with Crippen LogP contribution in [0.2, 0.25) is 0 Å². The molecule has 1 N–H and O–H groups in total. The van der Waals surface area contributed by atoms with E-state index < -0.39 is 29.2 Å². The van der Waals surface area contributed by atoms with Crippen LogP contribution in [0.15, 0.2) is 36.4 Å². The largest absolute Gasteiger partial charge is 0.467 e. The second-order valence-corrected chi connectivity index (χ2v) is 6.67. The van der Waals surface area contributed by atoms with Gasteiger partial charge in [0.1, 0.15) is 5.54 Å². The van der Waals surface area contributed by atoms with Crippen molar-refractivity contribution >= 4 is 17.4 Å². The van der Waals surface area contributed by atoms with Crippen molar-refractivity contribution in [2.24, 2.45) is 5.92 Å². The Morgan fingerprint density at radius 2 is 1.77 bits per heavy atom. The number of nitrogens with one attached hydrogen (secondary N) is 1. The zero-order chi connectivity index (χ0) is 19.4. The normalized spacial score (nSPS) is 24.0. The second-order valence-electron chi connectivity index (χ2n) is 6.67. The molecule has 1 amide bonds. The topological polar surface area (TPSA) is 55.4 Å². The average molecular weight is 369 g/mol. The fourth-order valence-corrected chi connectivity index (χ4v) is 3.18. The number of carbonyl (C=O) groups excluding carboxylic acids is 2. The first-order valence-electron chi connectivity index (χ1n) is 8.43. The minimum Gasteiger partial charge on any atom is -0.467 e. The van der Waals surface area contributed by atoms with Crippen molar-refractivity contribution in [3.63, 3.8) is 0 Å². The van der Waals surface area contributed by atoms with E-state index in [4.69, 9.17) is 4.74 Å². The summed E-state index contributed by atoms with van der Waals surface area (Å²) in [5, 5.41) is 2.49. The van der Waals surface area contributed by atoms with Gasteiger partial charge in [-0.05, 0) is 37.2 Å². The van der Waals surface area contributed by atoms with Crippen LogP contribution < -0.4 is 5.32 Å². The third-order valence-electron chi connectivity index (χ3n) is 4.73. The number of benzene rings is 1. The number of carbonyl (C=O) groups is 2. The van der Waals surface area contributed by atoms with E-state index in [1.54, 1.807) is 6.07 Å². The highest BCUT2D eigenvalue weighted by Crippen LogP contribution is 2.35. The number of halogens is 3. The van der Waals surface area contributed by atoms with E-state index in [-0.39, 0.29) is 5.56 Å². The Morgan fingerprint density at radius 3 is 2.27 bits per heavy atom. The highest BCUT2D eigenvalue weighted by Gasteiger charge is 2.44. The lowest BCUT2D eigenvalue weighted by molar-refractivity contribution is -0.152. The smallest absolute Gasteiger partial charge is 0.417 e. The molecule has 0 spiro atoms. The predicted octanol–water partition coefficient (Wildman–Crippen LogP) is 3.87. The molecule has 0 aliphatic heterocycles. The predicted molar refractivity (Wildman–Crippen MR) is 91.0 cm³/mol. The van der Waals surface area contributed by atoms with E-state index in [1.807, 2.05) is 6.92 Å². The van der Waals surface area contributed by atoms with Gasteiger partial charge in [-0.2, -0.15) is 13.2 Å². The first-order chi connectivity index (χ1) is 12.2. The van der Waals surface area contributed by atoms with Gasteiger partial charge in [-0.3, -0.25) is 4.79 Å². The summed E-state index contributed by atoms with van der Waals surface area (Å²) in [7, 11) is 1.20. The number of rotatable bonds is 4. The van der Waals surface area contributed by atoms with Gasteiger partial charge in [-0.15, -0.1) is 0 Å². The van der Waals surface area contributed by atoms with Crippen LogP contribution in [0.25, 0.3) is 5.57 Å². The number of ether oxygens (including phenoxy) is 1. The Labute approximate surface area is 150 Å². The van der Waals surface area contributed by atoms with Gasteiger partial charge in [-0.25, -0.2) is 4.79 Å². The van der Waals surface area contributed by atoms with Gasteiger partial charge < -0.3 is 10.1 Å². The molecule has 0 heterocycles. The van der Waals surface area contributed by atoms with Crippen LogP contribution in [0.5, 0.6) is 0 Å². The van der Waals surface area contributed by atoms with Gasteiger partial charge in [0.15, 0.2) is 0 Å². The minimum atomic E-state index is -4.70. The van der Waals surface area contributed by atoms with Crippen LogP contribution in [0.4, 0.5) is 13.2 Å². The molecule has 1 saturated carbocycles. The molecule has 1 fully saturated rings. The average Bonchev–Trinajstić information content (AvgIpc) is 2.61. The molecule has 142 valence electrons. The van der Waals surface area contributed by atoms with Crippen molar-refractivity contribution in [1.29, 1.82) is 0 Å². The number of alkyl halides is 3. The molecule has 1 aliphatic rings. The quantitative estimate of drug-likeness (QED) is 0.648. The van der Waals surface area contributed by atoms with Crippen LogP contribution in [0.3, 0.4) is 0 Å². The van der Waals surface area contributed by atoms with E-state index in [9.17, 15) is 22.8 Å². The molecule has 7 heteroatoms. The molecule has 0 saturated heterocycles. The zero-order valence-electron chi connectivity index (χ0n) is 14.7. The fourth-order valence-electron chi connectivity index (χ4n) is 3.18. The lowest BCUT2D eigenvalue weighted by Crippen LogP contribution is -2.56. The Morgan fingerprint density at radius 1 is 1.19 bits per heavy atom. The molecular weight excluding hydrogens is 347 g/mol. The van der Waals surface area contributed by atoms with Crippen molar-refractivity contribution < 1.29 is 27.5 Å². The lowest BCUT2D eigenvalue weighted by atomic mass is 9.77. The number of esters is 1. The second kappa shape index (κ2) is 7.93. The SMILES string of the molecule is COC(=O)C1(NC(=O)/C=C(/c2ccccc2)C(F)(F)F)CCC(C)CC1. The summed E-state index contributed by atoms with van der Waals surface area (Å²) in [5.74, 6) is -1.20. The molecule has 0 atom stereocenters. The van der Waals surface area contributed by atoms with Crippen molar-refractivity contribution in [2.75, 3.05) is 7.11 Å². The molecule has 0 bridgehead atoms. The van der Waals surface area contributed by atoms with Crippen molar-refractivity contribution in [1.82, 2.24) is 5.32 Å². The maximum absolute atomic E-state index is 13.4. The van der Waals surface area contributed by atoms with Gasteiger partial charge in [-0.1, -0.05) is 37.3 Å². The first kappa shape index (κ1) is 20.0. The van der Waals surface area contributed by atoms with E-state index >= 15 is 0 Å². The van der Waals surface area contributed by atoms with Crippen molar-refractivity contribution in [3.05, 3.63) is 42.0 Å². The third-order valence-corrected chi connectivity index (χ3v) is 4.73. The summed E-state index contributed by atoms with van der Waals surface area (Å²) >= 11 is 0. The molecule has 1 aromatic rings. The number of amides is 1. The summed E-state index contributed by atoms with van der Waals surface area (Å²) in [6.45, 7) is 2.03. The van der Waals surface area contributed by atoms with E-state index in [2.05, 4.69) is 5.32 Å².